The summed E-state index contributed by atoms with van der Waals surface area (Å²) >= 11 is 0. The summed E-state index contributed by atoms with van der Waals surface area (Å²) < 4.78 is 49.7. The van der Waals surface area contributed by atoms with E-state index in [1.165, 1.54) is 17.9 Å². The summed E-state index contributed by atoms with van der Waals surface area (Å²) in [6.07, 6.45) is -5.65. The van der Waals surface area contributed by atoms with Gasteiger partial charge < -0.3 is 24.5 Å². The fraction of sp³-hybridized carbons (Fsp3) is 0.643. The molecule has 2 rings (SSSR count). The quantitative estimate of drug-likeness (QED) is 0.879. The van der Waals surface area contributed by atoms with Crippen LogP contribution in [-0.2, 0) is 10.3 Å². The van der Waals surface area contributed by atoms with E-state index in [2.05, 4.69) is 5.32 Å². The summed E-state index contributed by atoms with van der Waals surface area (Å²) in [5, 5.41) is 12.4. The second kappa shape index (κ2) is 6.79. The van der Waals surface area contributed by atoms with Crippen molar-refractivity contribution in [2.45, 2.75) is 25.1 Å². The molecule has 1 saturated heterocycles. The number of nitrogens with zero attached hydrogens (tertiary/aromatic N) is 1. The van der Waals surface area contributed by atoms with Crippen LogP contribution in [0.5, 0.6) is 0 Å². The van der Waals surface area contributed by atoms with Crippen LogP contribution in [0.3, 0.4) is 0 Å². The summed E-state index contributed by atoms with van der Waals surface area (Å²) in [6.45, 7) is 2.70. The lowest BCUT2D eigenvalue weighted by molar-refractivity contribution is -0.274. The molecule has 0 spiro atoms. The van der Waals surface area contributed by atoms with Crippen molar-refractivity contribution in [2.75, 3.05) is 32.8 Å². The summed E-state index contributed by atoms with van der Waals surface area (Å²) in [7, 11) is 0. The van der Waals surface area contributed by atoms with Crippen LogP contribution in [-0.4, -0.2) is 55.1 Å². The number of aryl methyl sites for hydroxylation is 1. The number of ether oxygens (including phenoxy) is 1. The number of nitrogens with one attached hydrogen (secondary N) is 1. The van der Waals surface area contributed by atoms with Crippen LogP contribution in [0.2, 0.25) is 0 Å². The molecule has 2 amide bonds. The minimum atomic E-state index is -4.92. The van der Waals surface area contributed by atoms with Gasteiger partial charge in [0.05, 0.1) is 13.2 Å². The molecule has 0 saturated carbocycles. The van der Waals surface area contributed by atoms with Crippen LogP contribution in [0, 0.1) is 6.92 Å². The number of aliphatic hydroxyl groups is 1. The van der Waals surface area contributed by atoms with Gasteiger partial charge in [0.2, 0.25) is 5.60 Å². The first-order valence-corrected chi connectivity index (χ1v) is 7.20. The van der Waals surface area contributed by atoms with Crippen LogP contribution in [0.4, 0.5) is 18.0 Å². The molecule has 9 heteroatoms. The third-order valence-electron chi connectivity index (χ3n) is 3.68. The summed E-state index contributed by atoms with van der Waals surface area (Å²) in [5.74, 6) is -0.317. The average molecular weight is 336 g/mol. The third-order valence-corrected chi connectivity index (χ3v) is 3.68. The largest absolute Gasteiger partial charge is 0.463 e. The molecule has 23 heavy (non-hydrogen) atoms. The Morgan fingerprint density at radius 3 is 2.52 bits per heavy atom. The number of hydrogen-bond donors (Lipinski definition) is 2. The Hall–Kier alpha value is -1.74. The molecule has 1 aromatic heterocycles. The number of alkyl halides is 3. The molecule has 2 N–H and O–H groups in total. The van der Waals surface area contributed by atoms with Crippen LogP contribution >= 0.6 is 0 Å². The highest BCUT2D eigenvalue weighted by molar-refractivity contribution is 5.74. The van der Waals surface area contributed by atoms with Crippen LogP contribution in [0.1, 0.15) is 17.9 Å². The smallest absolute Gasteiger partial charge is 0.424 e. The first kappa shape index (κ1) is 17.6. The van der Waals surface area contributed by atoms with Crippen molar-refractivity contribution in [3.8, 4) is 0 Å². The second-order valence-electron chi connectivity index (χ2n) is 5.35. The van der Waals surface area contributed by atoms with Crippen molar-refractivity contribution >= 4 is 6.03 Å². The van der Waals surface area contributed by atoms with Crippen molar-refractivity contribution < 1.29 is 32.2 Å². The molecule has 0 aliphatic carbocycles. The standard InChI is InChI=1S/C14H19F3N2O4/c1-10-2-3-11(23-10)13(21,14(15,16)17)4-5-18-12(20)19-6-8-22-9-7-19/h2-3,21H,4-9H2,1H3,(H,18,20)/t13-/m0/s1. The minimum absolute atomic E-state index is 0.264. The Bertz CT molecular complexity index is 540. The molecule has 1 aromatic rings. The van der Waals surface area contributed by atoms with Gasteiger partial charge in [-0.05, 0) is 19.1 Å². The Labute approximate surface area is 131 Å². The molecule has 0 bridgehead atoms. The number of rotatable bonds is 4. The van der Waals surface area contributed by atoms with E-state index in [1.54, 1.807) is 0 Å². The van der Waals surface area contributed by atoms with Crippen molar-refractivity contribution in [3.05, 3.63) is 23.7 Å². The molecule has 6 nitrogen and oxygen atoms in total. The van der Waals surface area contributed by atoms with E-state index in [1.807, 2.05) is 0 Å². The molecule has 1 fully saturated rings. The van der Waals surface area contributed by atoms with Gasteiger partial charge in [0.15, 0.2) is 0 Å². The van der Waals surface area contributed by atoms with Gasteiger partial charge in [-0.15, -0.1) is 0 Å². The first-order chi connectivity index (χ1) is 10.7. The summed E-state index contributed by atoms with van der Waals surface area (Å²) in [5.41, 5.74) is -3.14. The summed E-state index contributed by atoms with van der Waals surface area (Å²) in [4.78, 5) is 13.3. The zero-order valence-electron chi connectivity index (χ0n) is 12.7. The maximum atomic E-state index is 13.2. The SMILES string of the molecule is Cc1ccc([C@@](O)(CCNC(=O)N2CCOCC2)C(F)(F)F)o1. The number of carbonyl (C=O) groups is 1. The van der Waals surface area contributed by atoms with Gasteiger partial charge in [0, 0.05) is 26.1 Å². The lowest BCUT2D eigenvalue weighted by atomic mass is 9.96. The monoisotopic (exact) mass is 336 g/mol. The maximum absolute atomic E-state index is 13.2. The van der Waals surface area contributed by atoms with Gasteiger partial charge in [-0.1, -0.05) is 0 Å². The number of furan rings is 1. The number of morpholine rings is 1. The number of halogens is 3. The molecule has 130 valence electrons. The Morgan fingerprint density at radius 1 is 1.35 bits per heavy atom. The highest BCUT2D eigenvalue weighted by Gasteiger charge is 2.56. The minimum Gasteiger partial charge on any atom is -0.463 e. The number of urea groups is 1. The van der Waals surface area contributed by atoms with Crippen molar-refractivity contribution in [1.29, 1.82) is 0 Å². The van der Waals surface area contributed by atoms with Crippen molar-refractivity contribution in [1.82, 2.24) is 10.2 Å². The van der Waals surface area contributed by atoms with Crippen LogP contribution in [0.15, 0.2) is 16.5 Å². The predicted octanol–water partition coefficient (Wildman–Crippen LogP) is 1.77. The van der Waals surface area contributed by atoms with Crippen LogP contribution in [0.25, 0.3) is 0 Å². The summed E-state index contributed by atoms with van der Waals surface area (Å²) in [6, 6.07) is 1.96. The lowest BCUT2D eigenvalue weighted by Gasteiger charge is -2.30. The topological polar surface area (TPSA) is 74.9 Å². The Morgan fingerprint density at radius 2 is 2.00 bits per heavy atom. The molecule has 0 radical (unpaired) electrons. The van der Waals surface area contributed by atoms with Gasteiger partial charge in [0.1, 0.15) is 11.5 Å². The average Bonchev–Trinajstić information content (AvgIpc) is 2.93. The van der Waals surface area contributed by atoms with Crippen LogP contribution < -0.4 is 5.32 Å². The number of hydrogen-bond acceptors (Lipinski definition) is 4. The zero-order valence-corrected chi connectivity index (χ0v) is 12.7. The van der Waals surface area contributed by atoms with Crippen molar-refractivity contribution in [3.63, 3.8) is 0 Å². The molecular formula is C14H19F3N2O4. The highest BCUT2D eigenvalue weighted by Crippen LogP contribution is 2.41. The van der Waals surface area contributed by atoms with E-state index < -0.39 is 30.0 Å². The normalized spacial score (nSPS) is 18.6. The van der Waals surface area contributed by atoms with E-state index >= 15 is 0 Å². The van der Waals surface area contributed by atoms with Gasteiger partial charge in [-0.25, -0.2) is 4.79 Å². The van der Waals surface area contributed by atoms with Crippen molar-refractivity contribution in [2.24, 2.45) is 0 Å². The third kappa shape index (κ3) is 3.97. The van der Waals surface area contributed by atoms with Gasteiger partial charge in [-0.3, -0.25) is 0 Å². The van der Waals surface area contributed by atoms with E-state index in [0.717, 1.165) is 6.07 Å². The van der Waals surface area contributed by atoms with E-state index in [9.17, 15) is 23.1 Å². The Kier molecular flexibility index (Phi) is 5.20. The molecule has 1 aliphatic rings. The fourth-order valence-corrected chi connectivity index (χ4v) is 2.29. The molecule has 1 aliphatic heterocycles. The molecule has 0 aromatic carbocycles. The predicted molar refractivity (Wildman–Crippen MR) is 73.8 cm³/mol. The second-order valence-corrected chi connectivity index (χ2v) is 5.35. The fourth-order valence-electron chi connectivity index (χ4n) is 2.29. The van der Waals surface area contributed by atoms with Gasteiger partial charge in [-0.2, -0.15) is 13.2 Å². The van der Waals surface area contributed by atoms with E-state index in [4.69, 9.17) is 9.15 Å². The van der Waals surface area contributed by atoms with Gasteiger partial charge in [0.25, 0.3) is 0 Å². The highest BCUT2D eigenvalue weighted by atomic mass is 19.4. The van der Waals surface area contributed by atoms with E-state index in [0.29, 0.717) is 26.3 Å². The molecular weight excluding hydrogens is 317 g/mol. The maximum Gasteiger partial charge on any atom is 0.424 e. The molecule has 0 unspecified atom stereocenters. The first-order valence-electron chi connectivity index (χ1n) is 7.20. The van der Waals surface area contributed by atoms with E-state index in [-0.39, 0.29) is 12.3 Å². The Balaban J connectivity index is 1.98. The number of amides is 2. The molecule has 1 atom stereocenters. The number of carbonyl (C=O) groups excluding carboxylic acids is 1. The zero-order chi connectivity index (χ0) is 17.1. The van der Waals surface area contributed by atoms with Gasteiger partial charge >= 0.3 is 12.2 Å². The molecule has 2 heterocycles. The lowest BCUT2D eigenvalue weighted by Crippen LogP contribution is -2.49.